The fraction of sp³-hybridized carbons (Fsp3) is 1.00. The molecule has 118 valence electrons. The number of hydrogen-bond acceptors (Lipinski definition) is 2. The smallest absolute Gasteiger partial charge is 0.0661 e. The fourth-order valence-electron chi connectivity index (χ4n) is 4.03. The summed E-state index contributed by atoms with van der Waals surface area (Å²) in [6.07, 6.45) is 13.0. The van der Waals surface area contributed by atoms with E-state index in [1.165, 1.54) is 64.3 Å². The van der Waals surface area contributed by atoms with Crippen LogP contribution in [0.3, 0.4) is 0 Å². The predicted octanol–water partition coefficient (Wildman–Crippen LogP) is 4.53. The Morgan fingerprint density at radius 2 is 1.90 bits per heavy atom. The molecule has 0 amide bonds. The van der Waals surface area contributed by atoms with Crippen LogP contribution in [0.4, 0.5) is 0 Å². The Kier molecular flexibility index (Phi) is 6.35. The van der Waals surface area contributed by atoms with Crippen LogP contribution in [-0.2, 0) is 4.74 Å². The highest BCUT2D eigenvalue weighted by molar-refractivity contribution is 5.11. The van der Waals surface area contributed by atoms with Crippen molar-refractivity contribution >= 4 is 0 Å². The van der Waals surface area contributed by atoms with E-state index in [-0.39, 0.29) is 0 Å². The topological polar surface area (TPSA) is 21.3 Å². The Morgan fingerprint density at radius 3 is 2.50 bits per heavy atom. The molecule has 0 radical (unpaired) electrons. The first-order valence-corrected chi connectivity index (χ1v) is 9.04. The molecule has 0 aliphatic heterocycles. The highest BCUT2D eigenvalue weighted by atomic mass is 16.5. The molecule has 2 rings (SSSR count). The van der Waals surface area contributed by atoms with Gasteiger partial charge < -0.3 is 10.1 Å². The van der Waals surface area contributed by atoms with E-state index in [1.54, 1.807) is 0 Å². The molecule has 0 saturated heterocycles. The van der Waals surface area contributed by atoms with Gasteiger partial charge in [-0.2, -0.15) is 0 Å². The summed E-state index contributed by atoms with van der Waals surface area (Å²) in [5.41, 5.74) is 0.535. The van der Waals surface area contributed by atoms with Crippen molar-refractivity contribution in [3.05, 3.63) is 0 Å². The summed E-state index contributed by atoms with van der Waals surface area (Å²) in [4.78, 5) is 0. The molecule has 2 fully saturated rings. The van der Waals surface area contributed by atoms with E-state index in [2.05, 4.69) is 26.1 Å². The van der Waals surface area contributed by atoms with Crippen LogP contribution in [-0.4, -0.2) is 25.3 Å². The van der Waals surface area contributed by atoms with Gasteiger partial charge in [-0.05, 0) is 45.1 Å². The first-order chi connectivity index (χ1) is 9.69. The Labute approximate surface area is 126 Å². The Balaban J connectivity index is 1.52. The van der Waals surface area contributed by atoms with Crippen LogP contribution in [0.15, 0.2) is 0 Å². The SMILES string of the molecule is CCOC1CC(NCCCCCCC(C)C)C12CCC2. The molecular formula is C18H35NO. The molecule has 1 spiro atoms. The van der Waals surface area contributed by atoms with E-state index < -0.39 is 0 Å². The van der Waals surface area contributed by atoms with E-state index in [0.29, 0.717) is 11.5 Å². The molecule has 2 heteroatoms. The molecule has 0 aromatic heterocycles. The van der Waals surface area contributed by atoms with Crippen molar-refractivity contribution in [2.24, 2.45) is 11.3 Å². The molecule has 2 aliphatic rings. The van der Waals surface area contributed by atoms with E-state index >= 15 is 0 Å². The molecule has 2 aliphatic carbocycles. The first kappa shape index (κ1) is 16.3. The van der Waals surface area contributed by atoms with Gasteiger partial charge >= 0.3 is 0 Å². The summed E-state index contributed by atoms with van der Waals surface area (Å²) in [5.74, 6) is 0.872. The number of ether oxygens (including phenoxy) is 1. The van der Waals surface area contributed by atoms with Crippen molar-refractivity contribution in [3.8, 4) is 0 Å². The summed E-state index contributed by atoms with van der Waals surface area (Å²) in [5, 5.41) is 3.82. The average Bonchev–Trinajstić information content (AvgIpc) is 2.32. The molecule has 0 aromatic rings. The fourth-order valence-corrected chi connectivity index (χ4v) is 4.03. The number of unbranched alkanes of at least 4 members (excludes halogenated alkanes) is 3. The zero-order chi connectivity index (χ0) is 14.4. The lowest BCUT2D eigenvalue weighted by Crippen LogP contribution is -2.66. The highest BCUT2D eigenvalue weighted by Crippen LogP contribution is 2.57. The molecule has 2 nitrogen and oxygen atoms in total. The van der Waals surface area contributed by atoms with Gasteiger partial charge in [0.25, 0.3) is 0 Å². The molecule has 2 unspecified atom stereocenters. The minimum atomic E-state index is 0.535. The molecule has 2 saturated carbocycles. The number of hydrogen-bond donors (Lipinski definition) is 1. The third kappa shape index (κ3) is 3.76. The maximum absolute atomic E-state index is 5.91. The summed E-state index contributed by atoms with van der Waals surface area (Å²) in [6.45, 7) is 8.88. The van der Waals surface area contributed by atoms with Gasteiger partial charge in [-0.1, -0.05) is 46.0 Å². The first-order valence-electron chi connectivity index (χ1n) is 9.04. The zero-order valence-corrected chi connectivity index (χ0v) is 13.9. The van der Waals surface area contributed by atoms with Gasteiger partial charge in [0.2, 0.25) is 0 Å². The van der Waals surface area contributed by atoms with Crippen molar-refractivity contribution in [2.75, 3.05) is 13.2 Å². The van der Waals surface area contributed by atoms with E-state index in [1.807, 2.05) is 0 Å². The van der Waals surface area contributed by atoms with Gasteiger partial charge in [-0.25, -0.2) is 0 Å². The number of nitrogens with one attached hydrogen (secondary N) is 1. The van der Waals surface area contributed by atoms with Crippen LogP contribution >= 0.6 is 0 Å². The van der Waals surface area contributed by atoms with Crippen molar-refractivity contribution in [2.45, 2.75) is 90.7 Å². The monoisotopic (exact) mass is 281 g/mol. The summed E-state index contributed by atoms with van der Waals surface area (Å²) < 4.78 is 5.91. The van der Waals surface area contributed by atoms with Gasteiger partial charge in [0.15, 0.2) is 0 Å². The Hall–Kier alpha value is -0.0800. The van der Waals surface area contributed by atoms with Crippen LogP contribution in [0.1, 0.15) is 78.6 Å². The summed E-state index contributed by atoms with van der Waals surface area (Å²) in [6, 6.07) is 0.753. The van der Waals surface area contributed by atoms with Crippen LogP contribution in [0, 0.1) is 11.3 Å². The lowest BCUT2D eigenvalue weighted by Gasteiger charge is -2.61. The molecule has 0 aromatic carbocycles. The van der Waals surface area contributed by atoms with Gasteiger partial charge in [0, 0.05) is 18.1 Å². The van der Waals surface area contributed by atoms with Crippen LogP contribution in [0.5, 0.6) is 0 Å². The minimum Gasteiger partial charge on any atom is -0.378 e. The van der Waals surface area contributed by atoms with Crippen molar-refractivity contribution in [1.29, 1.82) is 0 Å². The van der Waals surface area contributed by atoms with Crippen LogP contribution in [0.2, 0.25) is 0 Å². The molecule has 20 heavy (non-hydrogen) atoms. The van der Waals surface area contributed by atoms with Crippen molar-refractivity contribution in [3.63, 3.8) is 0 Å². The average molecular weight is 281 g/mol. The second-order valence-electron chi connectivity index (χ2n) is 7.37. The summed E-state index contributed by atoms with van der Waals surface area (Å²) in [7, 11) is 0. The van der Waals surface area contributed by atoms with Crippen molar-refractivity contribution < 1.29 is 4.74 Å². The molecular weight excluding hydrogens is 246 g/mol. The standard InChI is InChI=1S/C18H35NO/c1-4-20-17-14-16(18(17)11-9-12-18)19-13-8-6-5-7-10-15(2)3/h15-17,19H,4-14H2,1-3H3. The van der Waals surface area contributed by atoms with Crippen molar-refractivity contribution in [1.82, 2.24) is 5.32 Å². The molecule has 1 N–H and O–H groups in total. The van der Waals surface area contributed by atoms with E-state index in [4.69, 9.17) is 4.74 Å². The minimum absolute atomic E-state index is 0.535. The van der Waals surface area contributed by atoms with E-state index in [0.717, 1.165) is 18.6 Å². The third-order valence-corrected chi connectivity index (χ3v) is 5.54. The van der Waals surface area contributed by atoms with Crippen LogP contribution in [0.25, 0.3) is 0 Å². The quantitative estimate of drug-likeness (QED) is 0.594. The largest absolute Gasteiger partial charge is 0.378 e. The van der Waals surface area contributed by atoms with Gasteiger partial charge in [-0.15, -0.1) is 0 Å². The third-order valence-electron chi connectivity index (χ3n) is 5.54. The molecule has 0 bridgehead atoms. The lowest BCUT2D eigenvalue weighted by atomic mass is 9.51. The molecule has 2 atom stereocenters. The maximum Gasteiger partial charge on any atom is 0.0661 e. The number of rotatable bonds is 10. The Morgan fingerprint density at radius 1 is 1.15 bits per heavy atom. The second-order valence-corrected chi connectivity index (χ2v) is 7.37. The normalized spacial score (nSPS) is 27.6. The van der Waals surface area contributed by atoms with E-state index in [9.17, 15) is 0 Å². The Bertz CT molecular complexity index is 273. The van der Waals surface area contributed by atoms with Gasteiger partial charge in [0.1, 0.15) is 0 Å². The van der Waals surface area contributed by atoms with Crippen LogP contribution < -0.4 is 5.32 Å². The highest BCUT2D eigenvalue weighted by Gasteiger charge is 2.58. The zero-order valence-electron chi connectivity index (χ0n) is 13.9. The molecule has 0 heterocycles. The predicted molar refractivity (Wildman–Crippen MR) is 86.0 cm³/mol. The van der Waals surface area contributed by atoms with Gasteiger partial charge in [-0.3, -0.25) is 0 Å². The van der Waals surface area contributed by atoms with Gasteiger partial charge in [0.05, 0.1) is 6.10 Å². The maximum atomic E-state index is 5.91. The lowest BCUT2D eigenvalue weighted by molar-refractivity contribution is -0.172. The summed E-state index contributed by atoms with van der Waals surface area (Å²) >= 11 is 0. The second kappa shape index (κ2) is 7.79.